The van der Waals surface area contributed by atoms with Crippen molar-refractivity contribution in [1.29, 1.82) is 0 Å². The summed E-state index contributed by atoms with van der Waals surface area (Å²) in [6.07, 6.45) is 0.512. The lowest BCUT2D eigenvalue weighted by atomic mass is 10.1. The van der Waals surface area contributed by atoms with Gasteiger partial charge >= 0.3 is 11.9 Å². The van der Waals surface area contributed by atoms with E-state index in [0.29, 0.717) is 5.56 Å². The van der Waals surface area contributed by atoms with Gasteiger partial charge in [-0.15, -0.1) is 0 Å². The van der Waals surface area contributed by atoms with E-state index in [9.17, 15) is 14.7 Å². The minimum atomic E-state index is -0.799. The number of carbonyl (C=O) groups excluding carboxylic acids is 2. The molecule has 0 amide bonds. The second-order valence-corrected chi connectivity index (χ2v) is 5.74. The second kappa shape index (κ2) is 8.96. The van der Waals surface area contributed by atoms with Crippen molar-refractivity contribution in [2.75, 3.05) is 14.2 Å². The van der Waals surface area contributed by atoms with Gasteiger partial charge in [-0.05, 0) is 51.5 Å². The molecular formula is C18H24O7. The number of rotatable bonds is 7. The van der Waals surface area contributed by atoms with E-state index in [1.54, 1.807) is 27.7 Å². The van der Waals surface area contributed by atoms with Crippen molar-refractivity contribution in [3.8, 4) is 17.2 Å². The molecule has 0 unspecified atom stereocenters. The molecule has 138 valence electrons. The number of methoxy groups -OCH3 is 2. The monoisotopic (exact) mass is 352 g/mol. The fourth-order valence-corrected chi connectivity index (χ4v) is 1.92. The van der Waals surface area contributed by atoms with Crippen LogP contribution in [-0.4, -0.2) is 43.5 Å². The van der Waals surface area contributed by atoms with Crippen molar-refractivity contribution in [3.63, 3.8) is 0 Å². The summed E-state index contributed by atoms with van der Waals surface area (Å²) in [5, 5.41) is 9.95. The van der Waals surface area contributed by atoms with Crippen LogP contribution in [0.1, 0.15) is 33.3 Å². The number of phenolic OH excluding ortho intramolecular Hbond substituents is 1. The molecule has 0 heterocycles. The lowest BCUT2D eigenvalue weighted by molar-refractivity contribution is -0.150. The second-order valence-electron chi connectivity index (χ2n) is 5.74. The number of phenols is 1. The number of carbonyl (C=O) groups is 2. The normalized spacial score (nSPS) is 10.4. The van der Waals surface area contributed by atoms with Gasteiger partial charge in [0.2, 0.25) is 5.75 Å². The van der Waals surface area contributed by atoms with Gasteiger partial charge < -0.3 is 24.1 Å². The van der Waals surface area contributed by atoms with Crippen LogP contribution in [0.5, 0.6) is 17.2 Å². The van der Waals surface area contributed by atoms with E-state index in [-0.39, 0.29) is 22.8 Å². The van der Waals surface area contributed by atoms with E-state index in [1.165, 1.54) is 32.4 Å². The molecule has 1 N–H and O–H groups in total. The maximum Gasteiger partial charge on any atom is 0.345 e. The van der Waals surface area contributed by atoms with Gasteiger partial charge in [0, 0.05) is 0 Å². The molecular weight excluding hydrogens is 328 g/mol. The van der Waals surface area contributed by atoms with E-state index in [2.05, 4.69) is 0 Å². The highest BCUT2D eigenvalue weighted by molar-refractivity contribution is 6.17. The summed E-state index contributed by atoms with van der Waals surface area (Å²) in [7, 11) is 2.76. The number of aromatic hydroxyl groups is 1. The number of hydrogen-bond donors (Lipinski definition) is 1. The highest BCUT2D eigenvalue weighted by Crippen LogP contribution is 2.37. The Morgan fingerprint density at radius 1 is 0.920 bits per heavy atom. The molecule has 0 radical (unpaired) electrons. The van der Waals surface area contributed by atoms with Crippen molar-refractivity contribution in [2.45, 2.75) is 39.9 Å². The first-order valence-electron chi connectivity index (χ1n) is 7.78. The predicted octanol–water partition coefficient (Wildman–Crippen LogP) is 2.70. The van der Waals surface area contributed by atoms with Gasteiger partial charge in [-0.25, -0.2) is 9.59 Å². The molecule has 0 aromatic heterocycles. The standard InChI is InChI=1S/C18H24O7/c1-10(2)24-17(20)13(18(21)25-11(3)4)7-12-8-14(22-5)16(19)15(9-12)23-6/h7-11,19H,1-6H3. The molecule has 7 nitrogen and oxygen atoms in total. The first-order valence-corrected chi connectivity index (χ1v) is 7.78. The average molecular weight is 352 g/mol. The molecule has 0 aliphatic carbocycles. The van der Waals surface area contributed by atoms with Crippen LogP contribution >= 0.6 is 0 Å². The summed E-state index contributed by atoms with van der Waals surface area (Å²) in [5.41, 5.74) is 0.139. The van der Waals surface area contributed by atoms with Gasteiger partial charge in [-0.1, -0.05) is 0 Å². The first kappa shape index (κ1) is 20.3. The third-order valence-corrected chi connectivity index (χ3v) is 2.94. The van der Waals surface area contributed by atoms with Crippen LogP contribution in [0.25, 0.3) is 6.08 Å². The van der Waals surface area contributed by atoms with E-state index in [0.717, 1.165) is 0 Å². The molecule has 0 bridgehead atoms. The Labute approximate surface area is 147 Å². The summed E-state index contributed by atoms with van der Waals surface area (Å²) in [6, 6.07) is 2.92. The first-order chi connectivity index (χ1) is 11.7. The zero-order valence-electron chi connectivity index (χ0n) is 15.3. The Morgan fingerprint density at radius 2 is 1.32 bits per heavy atom. The zero-order chi connectivity index (χ0) is 19.1. The lowest BCUT2D eigenvalue weighted by Gasteiger charge is -2.13. The third-order valence-electron chi connectivity index (χ3n) is 2.94. The molecule has 0 aliphatic rings. The number of esters is 2. The maximum absolute atomic E-state index is 12.3. The number of hydrogen-bond acceptors (Lipinski definition) is 7. The van der Waals surface area contributed by atoms with Crippen LogP contribution in [0.4, 0.5) is 0 Å². The molecule has 1 aromatic rings. The lowest BCUT2D eigenvalue weighted by Crippen LogP contribution is -2.23. The van der Waals surface area contributed by atoms with E-state index in [4.69, 9.17) is 18.9 Å². The van der Waals surface area contributed by atoms with Gasteiger partial charge in [-0.3, -0.25) is 0 Å². The summed E-state index contributed by atoms with van der Waals surface area (Å²) in [6.45, 7) is 6.71. The Hall–Kier alpha value is -2.70. The van der Waals surface area contributed by atoms with Crippen LogP contribution in [0.15, 0.2) is 17.7 Å². The summed E-state index contributed by atoms with van der Waals surface area (Å²) < 4.78 is 20.3. The molecule has 25 heavy (non-hydrogen) atoms. The number of ether oxygens (including phenoxy) is 4. The molecule has 7 heteroatoms. The van der Waals surface area contributed by atoms with E-state index in [1.807, 2.05) is 0 Å². The van der Waals surface area contributed by atoms with Crippen molar-refractivity contribution in [1.82, 2.24) is 0 Å². The van der Waals surface area contributed by atoms with Crippen molar-refractivity contribution in [2.24, 2.45) is 0 Å². The largest absolute Gasteiger partial charge is 0.502 e. The molecule has 0 atom stereocenters. The maximum atomic E-state index is 12.3. The van der Waals surface area contributed by atoms with Crippen molar-refractivity contribution in [3.05, 3.63) is 23.3 Å². The topological polar surface area (TPSA) is 91.3 Å². The van der Waals surface area contributed by atoms with Crippen LogP contribution in [-0.2, 0) is 19.1 Å². The minimum Gasteiger partial charge on any atom is -0.502 e. The van der Waals surface area contributed by atoms with E-state index >= 15 is 0 Å². The van der Waals surface area contributed by atoms with Gasteiger partial charge in [0.05, 0.1) is 26.4 Å². The molecule has 0 aliphatic heterocycles. The summed E-state index contributed by atoms with van der Waals surface area (Å²) in [4.78, 5) is 24.5. The fraction of sp³-hybridized carbons (Fsp3) is 0.444. The SMILES string of the molecule is COc1cc(C=C(C(=O)OC(C)C)C(=O)OC(C)C)cc(OC)c1O. The van der Waals surface area contributed by atoms with Crippen LogP contribution in [0, 0.1) is 0 Å². The van der Waals surface area contributed by atoms with Crippen LogP contribution in [0.3, 0.4) is 0 Å². The Kier molecular flexibility index (Phi) is 7.29. The quantitative estimate of drug-likeness (QED) is 0.349. The average Bonchev–Trinajstić information content (AvgIpc) is 2.51. The van der Waals surface area contributed by atoms with Gasteiger partial charge in [0.1, 0.15) is 5.57 Å². The third kappa shape index (κ3) is 5.70. The Bertz CT molecular complexity index is 610. The van der Waals surface area contributed by atoms with Crippen molar-refractivity contribution >= 4 is 18.0 Å². The summed E-state index contributed by atoms with van der Waals surface area (Å²) >= 11 is 0. The fourth-order valence-electron chi connectivity index (χ4n) is 1.92. The smallest absolute Gasteiger partial charge is 0.345 e. The summed E-state index contributed by atoms with van der Waals surface area (Å²) in [5.74, 6) is -1.50. The highest BCUT2D eigenvalue weighted by atomic mass is 16.6. The van der Waals surface area contributed by atoms with Gasteiger partial charge in [-0.2, -0.15) is 0 Å². The van der Waals surface area contributed by atoms with Crippen LogP contribution in [0.2, 0.25) is 0 Å². The molecule has 1 aromatic carbocycles. The molecule has 0 fully saturated rings. The van der Waals surface area contributed by atoms with Crippen LogP contribution < -0.4 is 9.47 Å². The molecule has 0 saturated carbocycles. The predicted molar refractivity (Wildman–Crippen MR) is 91.6 cm³/mol. The van der Waals surface area contributed by atoms with Gasteiger partial charge in [0.15, 0.2) is 11.5 Å². The van der Waals surface area contributed by atoms with Crippen molar-refractivity contribution < 1.29 is 33.6 Å². The minimum absolute atomic E-state index is 0.138. The molecule has 1 rings (SSSR count). The van der Waals surface area contributed by atoms with E-state index < -0.39 is 24.1 Å². The highest BCUT2D eigenvalue weighted by Gasteiger charge is 2.24. The number of benzene rings is 1. The van der Waals surface area contributed by atoms with Gasteiger partial charge in [0.25, 0.3) is 0 Å². The zero-order valence-corrected chi connectivity index (χ0v) is 15.3. The molecule has 0 saturated heterocycles. The Morgan fingerprint density at radius 3 is 1.64 bits per heavy atom. The Balaban J connectivity index is 3.38. The molecule has 0 spiro atoms.